The first kappa shape index (κ1) is 14.1. The van der Waals surface area contributed by atoms with Crippen LogP contribution in [0.5, 0.6) is 0 Å². The number of tetrazole rings is 1. The third-order valence-corrected chi connectivity index (χ3v) is 2.51. The van der Waals surface area contributed by atoms with Crippen molar-refractivity contribution < 1.29 is 14.7 Å². The second-order valence-corrected chi connectivity index (χ2v) is 4.00. The topological polar surface area (TPSA) is 110 Å². The monoisotopic (exact) mass is 255 g/mol. The van der Waals surface area contributed by atoms with Crippen LogP contribution in [0.2, 0.25) is 0 Å². The number of carbonyl (C=O) groups excluding carboxylic acids is 1. The quantitative estimate of drug-likeness (QED) is 0.680. The molecule has 100 valence electrons. The third-order valence-electron chi connectivity index (χ3n) is 2.51. The molecule has 1 aromatic heterocycles. The Bertz CT molecular complexity index is 417. The summed E-state index contributed by atoms with van der Waals surface area (Å²) in [5.41, 5.74) is 0. The van der Waals surface area contributed by atoms with E-state index in [0.717, 1.165) is 12.8 Å². The number of hydrogen-bond acceptors (Lipinski definition) is 5. The number of amides is 1. The molecule has 0 spiro atoms. The summed E-state index contributed by atoms with van der Waals surface area (Å²) in [5.74, 6) is -1.02. The standard InChI is InChI=1S/C10H17N5O3/c1-3-4-5-7(10(17)18)11-9(16)6-8-12-13-14-15(8)2/h7H,3-6H2,1-2H3,(H,11,16)(H,17,18). The summed E-state index contributed by atoms with van der Waals surface area (Å²) in [5, 5.41) is 22.1. The van der Waals surface area contributed by atoms with Crippen LogP contribution in [0.4, 0.5) is 0 Å². The molecule has 8 nitrogen and oxygen atoms in total. The van der Waals surface area contributed by atoms with Gasteiger partial charge in [-0.2, -0.15) is 0 Å². The van der Waals surface area contributed by atoms with Gasteiger partial charge >= 0.3 is 5.97 Å². The first-order valence-corrected chi connectivity index (χ1v) is 5.78. The molecule has 1 aromatic rings. The van der Waals surface area contributed by atoms with E-state index in [-0.39, 0.29) is 6.42 Å². The van der Waals surface area contributed by atoms with Crippen molar-refractivity contribution in [3.8, 4) is 0 Å². The summed E-state index contributed by atoms with van der Waals surface area (Å²) >= 11 is 0. The minimum absolute atomic E-state index is 0.0284. The smallest absolute Gasteiger partial charge is 0.326 e. The highest BCUT2D eigenvalue weighted by Crippen LogP contribution is 2.01. The van der Waals surface area contributed by atoms with Gasteiger partial charge < -0.3 is 10.4 Å². The minimum Gasteiger partial charge on any atom is -0.480 e. The Morgan fingerprint density at radius 3 is 2.72 bits per heavy atom. The highest BCUT2D eigenvalue weighted by Gasteiger charge is 2.20. The summed E-state index contributed by atoms with van der Waals surface area (Å²) in [6.45, 7) is 1.96. The Labute approximate surface area is 104 Å². The first-order chi connectivity index (χ1) is 8.54. The lowest BCUT2D eigenvalue weighted by atomic mass is 10.1. The number of carboxylic acids is 1. The molecule has 1 atom stereocenters. The predicted molar refractivity (Wildman–Crippen MR) is 61.6 cm³/mol. The zero-order chi connectivity index (χ0) is 13.5. The SMILES string of the molecule is CCCCC(NC(=O)Cc1nnnn1C)C(=O)O. The van der Waals surface area contributed by atoms with Crippen LogP contribution in [-0.4, -0.2) is 43.2 Å². The van der Waals surface area contributed by atoms with Gasteiger partial charge in [-0.25, -0.2) is 9.48 Å². The molecule has 0 aromatic carbocycles. The van der Waals surface area contributed by atoms with Crippen molar-refractivity contribution in [2.45, 2.75) is 38.6 Å². The molecule has 8 heteroatoms. The highest BCUT2D eigenvalue weighted by molar-refractivity contribution is 5.84. The largest absolute Gasteiger partial charge is 0.480 e. The predicted octanol–water partition coefficient (Wildman–Crippen LogP) is -0.488. The zero-order valence-electron chi connectivity index (χ0n) is 10.5. The number of aryl methyl sites for hydroxylation is 1. The number of aliphatic carboxylic acids is 1. The van der Waals surface area contributed by atoms with Crippen LogP contribution in [-0.2, 0) is 23.1 Å². The van der Waals surface area contributed by atoms with Crippen LogP contribution in [0.3, 0.4) is 0 Å². The van der Waals surface area contributed by atoms with Gasteiger partial charge in [0.15, 0.2) is 5.82 Å². The van der Waals surface area contributed by atoms with Crippen molar-refractivity contribution in [1.82, 2.24) is 25.5 Å². The zero-order valence-corrected chi connectivity index (χ0v) is 10.5. The summed E-state index contributed by atoms with van der Waals surface area (Å²) < 4.78 is 1.38. The number of nitrogens with one attached hydrogen (secondary N) is 1. The van der Waals surface area contributed by atoms with Crippen LogP contribution in [0, 0.1) is 0 Å². The van der Waals surface area contributed by atoms with Gasteiger partial charge in [-0.1, -0.05) is 19.8 Å². The number of carboxylic acid groups (broad SMARTS) is 1. The molecule has 0 radical (unpaired) electrons. The maximum atomic E-state index is 11.7. The van der Waals surface area contributed by atoms with Crippen LogP contribution < -0.4 is 5.32 Å². The number of hydrogen-bond donors (Lipinski definition) is 2. The number of unbranched alkanes of at least 4 members (excludes halogenated alkanes) is 1. The molecule has 0 fully saturated rings. The number of aromatic nitrogens is 4. The summed E-state index contributed by atoms with van der Waals surface area (Å²) in [4.78, 5) is 22.6. The van der Waals surface area contributed by atoms with Crippen LogP contribution in [0.15, 0.2) is 0 Å². The van der Waals surface area contributed by atoms with E-state index < -0.39 is 17.9 Å². The molecule has 2 N–H and O–H groups in total. The van der Waals surface area contributed by atoms with Gasteiger partial charge in [-0.15, -0.1) is 5.10 Å². The Balaban J connectivity index is 2.51. The molecule has 1 heterocycles. The molecular formula is C10H17N5O3. The van der Waals surface area contributed by atoms with Crippen molar-refractivity contribution in [1.29, 1.82) is 0 Å². The summed E-state index contributed by atoms with van der Waals surface area (Å²) in [6.07, 6.45) is 2.03. The van der Waals surface area contributed by atoms with Crippen molar-refractivity contribution in [3.05, 3.63) is 5.82 Å². The molecular weight excluding hydrogens is 238 g/mol. The van der Waals surface area contributed by atoms with Crippen molar-refractivity contribution in [3.63, 3.8) is 0 Å². The number of rotatable bonds is 7. The molecule has 0 aliphatic carbocycles. The number of carbonyl (C=O) groups is 2. The van der Waals surface area contributed by atoms with Gasteiger partial charge in [0.1, 0.15) is 6.04 Å². The average Bonchev–Trinajstić information content (AvgIpc) is 2.70. The molecule has 0 saturated heterocycles. The van der Waals surface area contributed by atoms with Crippen molar-refractivity contribution in [2.24, 2.45) is 7.05 Å². The van der Waals surface area contributed by atoms with E-state index >= 15 is 0 Å². The Morgan fingerprint density at radius 1 is 1.50 bits per heavy atom. The van der Waals surface area contributed by atoms with E-state index in [1.54, 1.807) is 7.05 Å². The lowest BCUT2D eigenvalue weighted by Crippen LogP contribution is -2.41. The molecule has 1 unspecified atom stereocenters. The molecule has 1 rings (SSSR count). The average molecular weight is 255 g/mol. The fourth-order valence-corrected chi connectivity index (χ4v) is 1.45. The third kappa shape index (κ3) is 4.11. The fourth-order valence-electron chi connectivity index (χ4n) is 1.45. The minimum atomic E-state index is -1.02. The van der Waals surface area contributed by atoms with Crippen molar-refractivity contribution in [2.75, 3.05) is 0 Å². The molecule has 0 aliphatic rings. The highest BCUT2D eigenvalue weighted by atomic mass is 16.4. The number of nitrogens with zero attached hydrogens (tertiary/aromatic N) is 4. The summed E-state index contributed by atoms with van der Waals surface area (Å²) in [6, 6.07) is -0.848. The normalized spacial score (nSPS) is 12.1. The van der Waals surface area contributed by atoms with E-state index in [4.69, 9.17) is 5.11 Å². The first-order valence-electron chi connectivity index (χ1n) is 5.78. The van der Waals surface area contributed by atoms with E-state index in [1.165, 1.54) is 4.68 Å². The second-order valence-electron chi connectivity index (χ2n) is 4.00. The lowest BCUT2D eigenvalue weighted by Gasteiger charge is -2.13. The Hall–Kier alpha value is -1.99. The van der Waals surface area contributed by atoms with Gasteiger partial charge in [-0.3, -0.25) is 4.79 Å². The van der Waals surface area contributed by atoms with Gasteiger partial charge in [0.25, 0.3) is 0 Å². The Morgan fingerprint density at radius 2 is 2.22 bits per heavy atom. The molecule has 18 heavy (non-hydrogen) atoms. The van der Waals surface area contributed by atoms with Crippen LogP contribution in [0.25, 0.3) is 0 Å². The lowest BCUT2D eigenvalue weighted by molar-refractivity contribution is -0.142. The Kier molecular flexibility index (Phi) is 5.22. The maximum absolute atomic E-state index is 11.7. The van der Waals surface area contributed by atoms with Gasteiger partial charge in [0.2, 0.25) is 5.91 Å². The van der Waals surface area contributed by atoms with E-state index in [0.29, 0.717) is 12.2 Å². The fraction of sp³-hybridized carbons (Fsp3) is 0.700. The van der Waals surface area contributed by atoms with Crippen LogP contribution in [0.1, 0.15) is 32.0 Å². The van der Waals surface area contributed by atoms with Gasteiger partial charge in [0.05, 0.1) is 6.42 Å². The van der Waals surface area contributed by atoms with Gasteiger partial charge in [-0.05, 0) is 16.8 Å². The molecule has 0 aliphatic heterocycles. The van der Waals surface area contributed by atoms with E-state index in [2.05, 4.69) is 20.8 Å². The molecule has 0 saturated carbocycles. The van der Waals surface area contributed by atoms with Gasteiger partial charge in [0, 0.05) is 7.05 Å². The molecule has 1 amide bonds. The second kappa shape index (κ2) is 6.67. The van der Waals surface area contributed by atoms with Crippen LogP contribution >= 0.6 is 0 Å². The maximum Gasteiger partial charge on any atom is 0.326 e. The summed E-state index contributed by atoms with van der Waals surface area (Å²) in [7, 11) is 1.62. The van der Waals surface area contributed by atoms with E-state index in [9.17, 15) is 9.59 Å². The van der Waals surface area contributed by atoms with Crippen molar-refractivity contribution >= 4 is 11.9 Å². The van der Waals surface area contributed by atoms with E-state index in [1.807, 2.05) is 6.92 Å². The molecule has 0 bridgehead atoms.